The first-order chi connectivity index (χ1) is 17.4. The molecule has 206 valence electrons. The molecule has 9 heteroatoms. The lowest BCUT2D eigenvalue weighted by Gasteiger charge is -2.40. The number of carbonyl (C=O) groups is 1. The van der Waals surface area contributed by atoms with E-state index >= 15 is 0 Å². The Kier molecular flexibility index (Phi) is 13.0. The van der Waals surface area contributed by atoms with E-state index in [2.05, 4.69) is 29.3 Å². The molecule has 1 heterocycles. The van der Waals surface area contributed by atoms with Crippen molar-refractivity contribution in [1.29, 1.82) is 0 Å². The molecule has 37 heavy (non-hydrogen) atoms. The molecule has 2 aromatic rings. The van der Waals surface area contributed by atoms with Gasteiger partial charge in [0.1, 0.15) is 0 Å². The molecule has 2 aromatic carbocycles. The van der Waals surface area contributed by atoms with Gasteiger partial charge in [-0.15, -0.1) is 12.4 Å². The quantitative estimate of drug-likeness (QED) is 0.292. The van der Waals surface area contributed by atoms with Crippen molar-refractivity contribution in [2.45, 2.75) is 56.0 Å². The van der Waals surface area contributed by atoms with Gasteiger partial charge in [-0.05, 0) is 55.8 Å². The van der Waals surface area contributed by atoms with Crippen molar-refractivity contribution in [3.8, 4) is 0 Å². The lowest BCUT2D eigenvalue weighted by Crippen LogP contribution is -2.52. The standard InChI is InChI=1S/C28H41N3O4S.ClH/c1-4-5-18-29-27-21-24(28(32)35-3)16-19-31(27)20-17-25(23-12-8-6-9-13-23)22-30(2)36(33,34)26-14-10-7-11-15-26;/h6-15,24-25,27,29H,4-5,16-22H2,1-3H3;1H. The smallest absolute Gasteiger partial charge is 0.308 e. The Balaban J connectivity index is 0.00000481. The normalized spacial score (nSPS) is 19.2. The zero-order valence-corrected chi connectivity index (χ0v) is 23.8. The minimum absolute atomic E-state index is 0. The molecule has 0 aliphatic carbocycles. The first-order valence-corrected chi connectivity index (χ1v) is 14.4. The lowest BCUT2D eigenvalue weighted by molar-refractivity contribution is -0.148. The zero-order chi connectivity index (χ0) is 26.0. The third-order valence-electron chi connectivity index (χ3n) is 7.12. The highest BCUT2D eigenvalue weighted by Gasteiger charge is 2.33. The Bertz CT molecular complexity index is 1040. The van der Waals surface area contributed by atoms with Gasteiger partial charge in [-0.1, -0.05) is 61.9 Å². The van der Waals surface area contributed by atoms with Gasteiger partial charge in [0, 0.05) is 26.7 Å². The summed E-state index contributed by atoms with van der Waals surface area (Å²) in [5.41, 5.74) is 1.13. The van der Waals surface area contributed by atoms with Crippen molar-refractivity contribution in [2.75, 3.05) is 40.3 Å². The van der Waals surface area contributed by atoms with Crippen molar-refractivity contribution in [3.05, 3.63) is 66.2 Å². The average Bonchev–Trinajstić information content (AvgIpc) is 2.91. The maximum Gasteiger partial charge on any atom is 0.308 e. The Morgan fingerprint density at radius 3 is 2.41 bits per heavy atom. The molecule has 1 aliphatic heterocycles. The van der Waals surface area contributed by atoms with Crippen LogP contribution >= 0.6 is 12.4 Å². The number of nitrogens with one attached hydrogen (secondary N) is 1. The second-order valence-electron chi connectivity index (χ2n) is 9.60. The number of halogens is 1. The van der Waals surface area contributed by atoms with Gasteiger partial charge < -0.3 is 10.1 Å². The van der Waals surface area contributed by atoms with E-state index in [0.717, 1.165) is 57.3 Å². The number of likely N-dealkylation sites (N-methyl/N-ethyl adjacent to an activating group) is 1. The minimum atomic E-state index is -3.57. The summed E-state index contributed by atoms with van der Waals surface area (Å²) in [5, 5.41) is 3.64. The second-order valence-corrected chi connectivity index (χ2v) is 11.6. The van der Waals surface area contributed by atoms with Crippen LogP contribution in [0.2, 0.25) is 0 Å². The SMILES string of the molecule is CCCCNC1CC(C(=O)OC)CCN1CCC(CN(C)S(=O)(=O)c1ccccc1)c1ccccc1.Cl. The summed E-state index contributed by atoms with van der Waals surface area (Å²) in [7, 11) is -0.456. The zero-order valence-electron chi connectivity index (χ0n) is 22.2. The predicted molar refractivity (Wildman–Crippen MR) is 150 cm³/mol. The van der Waals surface area contributed by atoms with Gasteiger partial charge in [0.2, 0.25) is 10.0 Å². The Labute approximate surface area is 229 Å². The monoisotopic (exact) mass is 551 g/mol. The molecular weight excluding hydrogens is 510 g/mol. The molecule has 3 atom stereocenters. The van der Waals surface area contributed by atoms with Crippen LogP contribution < -0.4 is 5.32 Å². The third kappa shape index (κ3) is 8.79. The summed E-state index contributed by atoms with van der Waals surface area (Å²) < 4.78 is 32.9. The average molecular weight is 552 g/mol. The van der Waals surface area contributed by atoms with Crippen molar-refractivity contribution in [2.24, 2.45) is 5.92 Å². The lowest BCUT2D eigenvalue weighted by atomic mass is 9.92. The summed E-state index contributed by atoms with van der Waals surface area (Å²) >= 11 is 0. The second kappa shape index (κ2) is 15.4. The summed E-state index contributed by atoms with van der Waals surface area (Å²) in [4.78, 5) is 14.9. The number of rotatable bonds is 13. The van der Waals surface area contributed by atoms with Gasteiger partial charge in [-0.3, -0.25) is 9.69 Å². The number of benzene rings is 2. The number of ether oxygens (including phenoxy) is 1. The maximum atomic E-state index is 13.2. The topological polar surface area (TPSA) is 79.0 Å². The van der Waals surface area contributed by atoms with Gasteiger partial charge in [-0.2, -0.15) is 0 Å². The van der Waals surface area contributed by atoms with Gasteiger partial charge in [0.15, 0.2) is 0 Å². The van der Waals surface area contributed by atoms with Crippen LogP contribution in [0.15, 0.2) is 65.6 Å². The summed E-state index contributed by atoms with van der Waals surface area (Å²) in [6.45, 7) is 5.10. The molecule has 3 rings (SSSR count). The largest absolute Gasteiger partial charge is 0.469 e. The van der Waals surface area contributed by atoms with E-state index in [4.69, 9.17) is 4.74 Å². The van der Waals surface area contributed by atoms with Crippen LogP contribution in [-0.2, 0) is 19.6 Å². The molecule has 0 aromatic heterocycles. The minimum Gasteiger partial charge on any atom is -0.469 e. The number of hydrogen-bond donors (Lipinski definition) is 1. The third-order valence-corrected chi connectivity index (χ3v) is 8.96. The molecule has 1 aliphatic rings. The van der Waals surface area contributed by atoms with Crippen LogP contribution in [0.4, 0.5) is 0 Å². The molecule has 0 amide bonds. The number of unbranched alkanes of at least 4 members (excludes halogenated alkanes) is 1. The summed E-state index contributed by atoms with van der Waals surface area (Å²) in [5.74, 6) is -0.173. The van der Waals surface area contributed by atoms with Gasteiger partial charge in [0.05, 0.1) is 24.1 Å². The molecule has 0 radical (unpaired) electrons. The molecular formula is C28H42ClN3O4S. The maximum absolute atomic E-state index is 13.2. The van der Waals surface area contributed by atoms with Crippen LogP contribution in [0.1, 0.15) is 50.5 Å². The molecule has 0 bridgehead atoms. The van der Waals surface area contributed by atoms with Gasteiger partial charge in [-0.25, -0.2) is 12.7 Å². The highest BCUT2D eigenvalue weighted by atomic mass is 35.5. The van der Waals surface area contributed by atoms with Crippen LogP contribution in [0.25, 0.3) is 0 Å². The first-order valence-electron chi connectivity index (χ1n) is 13.0. The number of sulfonamides is 1. The number of nitrogens with zero attached hydrogens (tertiary/aromatic N) is 2. The van der Waals surface area contributed by atoms with Crippen molar-refractivity contribution in [3.63, 3.8) is 0 Å². The van der Waals surface area contributed by atoms with E-state index in [0.29, 0.717) is 11.4 Å². The molecule has 1 N–H and O–H groups in total. The molecule has 0 saturated carbocycles. The van der Waals surface area contributed by atoms with Crippen LogP contribution in [-0.4, -0.2) is 70.1 Å². The first kappa shape index (κ1) is 31.2. The van der Waals surface area contributed by atoms with Gasteiger partial charge >= 0.3 is 5.97 Å². The molecule has 1 fully saturated rings. The molecule has 1 saturated heterocycles. The number of piperidine rings is 1. The van der Waals surface area contributed by atoms with Crippen molar-refractivity contribution >= 4 is 28.4 Å². The number of carbonyl (C=O) groups excluding carboxylic acids is 1. The van der Waals surface area contributed by atoms with Crippen molar-refractivity contribution < 1.29 is 17.9 Å². The Morgan fingerprint density at radius 2 is 1.78 bits per heavy atom. The van der Waals surface area contributed by atoms with Crippen molar-refractivity contribution in [1.82, 2.24) is 14.5 Å². The Hall–Kier alpha value is -1.97. The van der Waals surface area contributed by atoms with E-state index < -0.39 is 10.0 Å². The van der Waals surface area contributed by atoms with E-state index in [1.54, 1.807) is 31.3 Å². The number of hydrogen-bond acceptors (Lipinski definition) is 6. The highest BCUT2D eigenvalue weighted by molar-refractivity contribution is 7.89. The summed E-state index contributed by atoms with van der Waals surface area (Å²) in [6, 6.07) is 18.7. The Morgan fingerprint density at radius 1 is 1.14 bits per heavy atom. The van der Waals surface area contributed by atoms with Crippen LogP contribution in [0.5, 0.6) is 0 Å². The molecule has 3 unspecified atom stereocenters. The van der Waals surface area contributed by atoms with E-state index in [1.165, 1.54) is 11.4 Å². The number of esters is 1. The number of likely N-dealkylation sites (tertiary alicyclic amines) is 1. The van der Waals surface area contributed by atoms with Crippen LogP contribution in [0.3, 0.4) is 0 Å². The molecule has 7 nitrogen and oxygen atoms in total. The fourth-order valence-electron chi connectivity index (χ4n) is 4.91. The molecule has 0 spiro atoms. The fourth-order valence-corrected chi connectivity index (χ4v) is 6.15. The van der Waals surface area contributed by atoms with E-state index in [9.17, 15) is 13.2 Å². The summed E-state index contributed by atoms with van der Waals surface area (Å²) in [6.07, 6.45) is 4.62. The highest BCUT2D eigenvalue weighted by Crippen LogP contribution is 2.27. The van der Waals surface area contributed by atoms with E-state index in [1.807, 2.05) is 24.3 Å². The number of methoxy groups -OCH3 is 1. The van der Waals surface area contributed by atoms with Gasteiger partial charge in [0.25, 0.3) is 0 Å². The fraction of sp³-hybridized carbons (Fsp3) is 0.536. The van der Waals surface area contributed by atoms with Crippen LogP contribution in [0, 0.1) is 5.92 Å². The predicted octanol–water partition coefficient (Wildman–Crippen LogP) is 4.50. The van der Waals surface area contributed by atoms with E-state index in [-0.39, 0.29) is 36.4 Å².